The maximum atomic E-state index is 16.0. The summed E-state index contributed by atoms with van der Waals surface area (Å²) in [6.45, 7) is 0.946. The van der Waals surface area contributed by atoms with E-state index in [0.29, 0.717) is 28.2 Å². The third-order valence-electron chi connectivity index (χ3n) is 7.72. The standard InChI is InChI=1S/C31H31FN2O6/c1-20-18-34(29(37)33-28(20)36)30(17-24(32)26(19-35)40-30)31(21-11-6-4-7-12-21,22-13-8-5-9-14-22)23-15-10-16-25(38-2)27(23)39-3/h4-16,18,24,26,35H,17,19H2,1-3H3,(H,33,36,37)/t24-,26+,30-/m0/s1. The number of alkyl halides is 1. The number of methoxy groups -OCH3 is 2. The van der Waals surface area contributed by atoms with E-state index in [1.54, 1.807) is 19.1 Å². The monoisotopic (exact) mass is 546 g/mol. The topological polar surface area (TPSA) is 103 Å². The summed E-state index contributed by atoms with van der Waals surface area (Å²) in [6.07, 6.45) is -1.83. The zero-order valence-electron chi connectivity index (χ0n) is 22.5. The van der Waals surface area contributed by atoms with Gasteiger partial charge in [0.1, 0.15) is 12.3 Å². The predicted molar refractivity (Wildman–Crippen MR) is 148 cm³/mol. The first-order valence-corrected chi connectivity index (χ1v) is 12.9. The van der Waals surface area contributed by atoms with Crippen molar-refractivity contribution in [2.75, 3.05) is 20.8 Å². The molecule has 1 aromatic heterocycles. The van der Waals surface area contributed by atoms with E-state index in [1.807, 2.05) is 66.7 Å². The Morgan fingerprint density at radius 2 is 1.62 bits per heavy atom. The number of nitrogens with zero attached hydrogens (tertiary/aromatic N) is 1. The Balaban J connectivity index is 2.07. The van der Waals surface area contributed by atoms with Gasteiger partial charge in [-0.25, -0.2) is 9.18 Å². The fourth-order valence-corrected chi connectivity index (χ4v) is 6.03. The summed E-state index contributed by atoms with van der Waals surface area (Å²) in [5.74, 6) is 0.780. The van der Waals surface area contributed by atoms with Crippen LogP contribution in [0.25, 0.3) is 0 Å². The Labute approximate surface area is 230 Å². The molecule has 40 heavy (non-hydrogen) atoms. The molecule has 4 aromatic rings. The molecule has 1 saturated heterocycles. The molecular formula is C31H31FN2O6. The van der Waals surface area contributed by atoms with Crippen LogP contribution in [0, 0.1) is 6.92 Å². The van der Waals surface area contributed by atoms with E-state index < -0.39 is 41.3 Å². The Morgan fingerprint density at radius 3 is 2.15 bits per heavy atom. The van der Waals surface area contributed by atoms with Gasteiger partial charge in [-0.2, -0.15) is 0 Å². The van der Waals surface area contributed by atoms with E-state index in [2.05, 4.69) is 4.98 Å². The van der Waals surface area contributed by atoms with Crippen LogP contribution in [0.2, 0.25) is 0 Å². The molecule has 8 nitrogen and oxygen atoms in total. The number of para-hydroxylation sites is 1. The Bertz CT molecular complexity index is 1560. The molecule has 1 aliphatic heterocycles. The number of aryl methyl sites for hydroxylation is 1. The van der Waals surface area contributed by atoms with E-state index in [9.17, 15) is 14.7 Å². The number of rotatable bonds is 8. The lowest BCUT2D eigenvalue weighted by molar-refractivity contribution is -0.146. The quantitative estimate of drug-likeness (QED) is 0.327. The van der Waals surface area contributed by atoms with Crippen LogP contribution in [0.1, 0.15) is 28.7 Å². The number of aliphatic hydroxyl groups is 1. The van der Waals surface area contributed by atoms with Crippen LogP contribution in [0.5, 0.6) is 11.5 Å². The molecule has 3 aromatic carbocycles. The SMILES string of the molecule is COc1cccc(C(c2ccccc2)(c2ccccc2)[C@]2(n3cc(C)c(=O)[nH]c3=O)C[C@H](F)[C@@H](CO)O2)c1OC. The summed E-state index contributed by atoms with van der Waals surface area (Å²) in [5.41, 5.74) is -2.53. The Kier molecular flexibility index (Phi) is 7.35. The lowest BCUT2D eigenvalue weighted by Gasteiger charge is -2.50. The van der Waals surface area contributed by atoms with Crippen molar-refractivity contribution in [3.63, 3.8) is 0 Å². The number of aliphatic hydroxyl groups excluding tert-OH is 1. The largest absolute Gasteiger partial charge is 0.493 e. The minimum absolute atomic E-state index is 0.234. The fraction of sp³-hybridized carbons (Fsp3) is 0.290. The lowest BCUT2D eigenvalue weighted by Crippen LogP contribution is -2.59. The van der Waals surface area contributed by atoms with Gasteiger partial charge in [0.15, 0.2) is 17.2 Å². The van der Waals surface area contributed by atoms with Crippen molar-refractivity contribution in [1.29, 1.82) is 0 Å². The van der Waals surface area contributed by atoms with Gasteiger partial charge in [0, 0.05) is 23.7 Å². The first-order chi connectivity index (χ1) is 19.3. The second kappa shape index (κ2) is 10.7. The number of nitrogens with one attached hydrogen (secondary N) is 1. The van der Waals surface area contributed by atoms with Crippen molar-refractivity contribution in [3.8, 4) is 11.5 Å². The number of H-pyrrole nitrogens is 1. The molecule has 0 saturated carbocycles. The molecule has 208 valence electrons. The van der Waals surface area contributed by atoms with E-state index in [1.165, 1.54) is 25.0 Å². The van der Waals surface area contributed by atoms with Gasteiger partial charge in [-0.05, 0) is 24.1 Å². The van der Waals surface area contributed by atoms with Crippen LogP contribution in [-0.4, -0.2) is 47.8 Å². The number of aromatic amines is 1. The van der Waals surface area contributed by atoms with E-state index in [4.69, 9.17) is 14.2 Å². The number of benzene rings is 3. The molecule has 1 fully saturated rings. The van der Waals surface area contributed by atoms with Crippen LogP contribution in [0.4, 0.5) is 4.39 Å². The van der Waals surface area contributed by atoms with Crippen molar-refractivity contribution >= 4 is 0 Å². The van der Waals surface area contributed by atoms with Gasteiger partial charge in [0.25, 0.3) is 5.56 Å². The Morgan fingerprint density at radius 1 is 1.00 bits per heavy atom. The second-order valence-electron chi connectivity index (χ2n) is 9.81. The smallest absolute Gasteiger partial charge is 0.330 e. The molecule has 0 bridgehead atoms. The number of hydrogen-bond donors (Lipinski definition) is 2. The van der Waals surface area contributed by atoms with Crippen LogP contribution in [0.15, 0.2) is 94.6 Å². The van der Waals surface area contributed by atoms with E-state index in [0.717, 1.165) is 0 Å². The summed E-state index contributed by atoms with van der Waals surface area (Å²) in [7, 11) is 3.03. The second-order valence-corrected chi connectivity index (χ2v) is 9.81. The molecule has 0 aliphatic carbocycles. The minimum atomic E-state index is -1.83. The highest BCUT2D eigenvalue weighted by Gasteiger charge is 2.64. The fourth-order valence-electron chi connectivity index (χ4n) is 6.03. The zero-order chi connectivity index (χ0) is 28.5. The number of aromatic nitrogens is 2. The van der Waals surface area contributed by atoms with E-state index in [-0.39, 0.29) is 12.0 Å². The van der Waals surface area contributed by atoms with Crippen LogP contribution in [-0.2, 0) is 15.9 Å². The molecule has 9 heteroatoms. The first kappa shape index (κ1) is 27.4. The average Bonchev–Trinajstić information content (AvgIpc) is 3.33. The van der Waals surface area contributed by atoms with Gasteiger partial charge >= 0.3 is 5.69 Å². The predicted octanol–water partition coefficient (Wildman–Crippen LogP) is 3.67. The van der Waals surface area contributed by atoms with Gasteiger partial charge < -0.3 is 19.3 Å². The van der Waals surface area contributed by atoms with Crippen molar-refractivity contribution < 1.29 is 23.7 Å². The molecule has 3 atom stereocenters. The summed E-state index contributed by atoms with van der Waals surface area (Å²) < 4.78 is 35.4. The van der Waals surface area contributed by atoms with Gasteiger partial charge in [0.05, 0.1) is 26.2 Å². The summed E-state index contributed by atoms with van der Waals surface area (Å²) in [4.78, 5) is 28.5. The molecule has 0 radical (unpaired) electrons. The van der Waals surface area contributed by atoms with Gasteiger partial charge in [0.2, 0.25) is 0 Å². The molecule has 0 spiro atoms. The summed E-state index contributed by atoms with van der Waals surface area (Å²) in [6, 6.07) is 24.0. The summed E-state index contributed by atoms with van der Waals surface area (Å²) >= 11 is 0. The maximum Gasteiger partial charge on any atom is 0.330 e. The highest BCUT2D eigenvalue weighted by Crippen LogP contribution is 2.59. The molecular weight excluding hydrogens is 515 g/mol. The van der Waals surface area contributed by atoms with Crippen molar-refractivity contribution in [3.05, 3.63) is 128 Å². The van der Waals surface area contributed by atoms with Crippen molar-refractivity contribution in [2.45, 2.75) is 36.8 Å². The van der Waals surface area contributed by atoms with Crippen LogP contribution < -0.4 is 20.7 Å². The van der Waals surface area contributed by atoms with Crippen molar-refractivity contribution in [2.24, 2.45) is 0 Å². The first-order valence-electron chi connectivity index (χ1n) is 12.9. The van der Waals surface area contributed by atoms with Crippen LogP contribution >= 0.6 is 0 Å². The third-order valence-corrected chi connectivity index (χ3v) is 7.72. The average molecular weight is 547 g/mol. The van der Waals surface area contributed by atoms with E-state index >= 15 is 4.39 Å². The molecule has 2 N–H and O–H groups in total. The highest BCUT2D eigenvalue weighted by atomic mass is 19.1. The molecule has 0 amide bonds. The normalized spacial score (nSPS) is 20.8. The molecule has 0 unspecified atom stereocenters. The lowest BCUT2D eigenvalue weighted by atomic mass is 9.61. The van der Waals surface area contributed by atoms with Gasteiger partial charge in [-0.3, -0.25) is 14.3 Å². The number of ether oxygens (including phenoxy) is 3. The Hall–Kier alpha value is -4.21. The molecule has 5 rings (SSSR count). The van der Waals surface area contributed by atoms with Crippen LogP contribution in [0.3, 0.4) is 0 Å². The molecule has 2 heterocycles. The third kappa shape index (κ3) is 4.04. The minimum Gasteiger partial charge on any atom is -0.493 e. The summed E-state index contributed by atoms with van der Waals surface area (Å²) in [5, 5.41) is 10.2. The molecule has 1 aliphatic rings. The van der Waals surface area contributed by atoms with Gasteiger partial charge in [-0.15, -0.1) is 0 Å². The number of halogens is 1. The number of hydrogen-bond acceptors (Lipinski definition) is 6. The highest BCUT2D eigenvalue weighted by molar-refractivity contribution is 5.61. The van der Waals surface area contributed by atoms with Crippen molar-refractivity contribution in [1.82, 2.24) is 9.55 Å². The van der Waals surface area contributed by atoms with Gasteiger partial charge in [-0.1, -0.05) is 72.8 Å². The maximum absolute atomic E-state index is 16.0. The zero-order valence-corrected chi connectivity index (χ0v) is 22.5.